The van der Waals surface area contributed by atoms with Crippen LogP contribution in [0, 0.1) is 5.92 Å². The lowest BCUT2D eigenvalue weighted by Crippen LogP contribution is -2.47. The van der Waals surface area contributed by atoms with Crippen molar-refractivity contribution in [1.29, 1.82) is 0 Å². The van der Waals surface area contributed by atoms with Gasteiger partial charge in [0, 0.05) is 24.9 Å². The molecule has 1 saturated carbocycles. The van der Waals surface area contributed by atoms with E-state index in [1.165, 1.54) is 0 Å². The average Bonchev–Trinajstić information content (AvgIpc) is 2.79. The van der Waals surface area contributed by atoms with E-state index in [1.54, 1.807) is 11.8 Å². The van der Waals surface area contributed by atoms with Crippen LogP contribution in [0.4, 0.5) is 4.79 Å². The quantitative estimate of drug-likeness (QED) is 0.668. The van der Waals surface area contributed by atoms with E-state index in [1.807, 2.05) is 34.0 Å². The van der Waals surface area contributed by atoms with Crippen molar-refractivity contribution in [3.63, 3.8) is 0 Å². The molecule has 1 aliphatic carbocycles. The maximum atomic E-state index is 11.7. The fourth-order valence-corrected chi connectivity index (χ4v) is 3.52. The van der Waals surface area contributed by atoms with Gasteiger partial charge < -0.3 is 20.5 Å². The molecule has 22 heavy (non-hydrogen) atoms. The second-order valence-electron chi connectivity index (χ2n) is 7.49. The van der Waals surface area contributed by atoms with Gasteiger partial charge in [-0.05, 0) is 52.7 Å². The molecule has 1 rings (SSSR count). The lowest BCUT2D eigenvalue weighted by atomic mass is 10.0. The molecule has 0 spiro atoms. The van der Waals surface area contributed by atoms with Crippen LogP contribution < -0.4 is 10.6 Å². The molecule has 0 heterocycles. The first-order valence-electron chi connectivity index (χ1n) is 8.04. The second kappa shape index (κ2) is 8.41. The van der Waals surface area contributed by atoms with Crippen LogP contribution >= 0.6 is 11.8 Å². The van der Waals surface area contributed by atoms with Crippen molar-refractivity contribution in [3.05, 3.63) is 0 Å². The molecule has 0 aromatic carbocycles. The molecule has 1 fully saturated rings. The zero-order chi connectivity index (χ0) is 16.8. The lowest BCUT2D eigenvalue weighted by molar-refractivity contribution is 0.0512. The molecule has 5 nitrogen and oxygen atoms in total. The van der Waals surface area contributed by atoms with E-state index in [0.29, 0.717) is 30.8 Å². The molecule has 1 aliphatic rings. The standard InChI is InChI=1S/C16H32N2O3S/c1-15(2,3)21-14(19)17-9-12-7-6-8-13(12)18-10-16(4,20)11-22-5/h12-13,18,20H,6-11H2,1-5H3,(H,17,19). The van der Waals surface area contributed by atoms with Crippen LogP contribution in [0.15, 0.2) is 0 Å². The fourth-order valence-electron chi connectivity index (χ4n) is 2.79. The van der Waals surface area contributed by atoms with Gasteiger partial charge in [-0.25, -0.2) is 4.79 Å². The Balaban J connectivity index is 2.36. The highest BCUT2D eigenvalue weighted by Crippen LogP contribution is 2.25. The molecule has 130 valence electrons. The van der Waals surface area contributed by atoms with Gasteiger partial charge >= 0.3 is 6.09 Å². The summed E-state index contributed by atoms with van der Waals surface area (Å²) in [5.41, 5.74) is -1.15. The molecule has 0 aliphatic heterocycles. The van der Waals surface area contributed by atoms with Crippen LogP contribution in [0.1, 0.15) is 47.0 Å². The van der Waals surface area contributed by atoms with Crippen LogP contribution in [0.2, 0.25) is 0 Å². The molecule has 0 aromatic rings. The van der Waals surface area contributed by atoms with Gasteiger partial charge in [0.2, 0.25) is 0 Å². The summed E-state index contributed by atoms with van der Waals surface area (Å²) in [6.07, 6.45) is 4.99. The summed E-state index contributed by atoms with van der Waals surface area (Å²) < 4.78 is 5.27. The normalized spacial score (nSPS) is 24.8. The van der Waals surface area contributed by atoms with E-state index in [0.717, 1.165) is 19.3 Å². The minimum Gasteiger partial charge on any atom is -0.444 e. The Morgan fingerprint density at radius 1 is 1.32 bits per heavy atom. The van der Waals surface area contributed by atoms with Crippen molar-refractivity contribution < 1.29 is 14.6 Å². The summed E-state index contributed by atoms with van der Waals surface area (Å²) in [4.78, 5) is 11.7. The Bertz CT molecular complexity index is 356. The molecule has 1 amide bonds. The highest BCUT2D eigenvalue weighted by Gasteiger charge is 2.30. The van der Waals surface area contributed by atoms with Crippen molar-refractivity contribution >= 4 is 17.9 Å². The highest BCUT2D eigenvalue weighted by atomic mass is 32.2. The van der Waals surface area contributed by atoms with Crippen molar-refractivity contribution in [1.82, 2.24) is 10.6 Å². The summed E-state index contributed by atoms with van der Waals surface area (Å²) in [6.45, 7) is 8.65. The first-order chi connectivity index (χ1) is 10.1. The number of aliphatic hydroxyl groups is 1. The number of amides is 1. The van der Waals surface area contributed by atoms with E-state index in [4.69, 9.17) is 4.74 Å². The SMILES string of the molecule is CSCC(C)(O)CNC1CCCC1CNC(=O)OC(C)(C)C. The van der Waals surface area contributed by atoms with Gasteiger partial charge in [-0.2, -0.15) is 11.8 Å². The Labute approximate surface area is 138 Å². The average molecular weight is 333 g/mol. The molecule has 3 atom stereocenters. The number of carbonyl (C=O) groups is 1. The van der Waals surface area contributed by atoms with Gasteiger partial charge in [0.05, 0.1) is 5.60 Å². The molecule has 0 radical (unpaired) electrons. The zero-order valence-corrected chi connectivity index (χ0v) is 15.4. The third-order valence-electron chi connectivity index (χ3n) is 3.77. The van der Waals surface area contributed by atoms with Gasteiger partial charge in [-0.1, -0.05) is 6.42 Å². The molecule has 0 saturated heterocycles. The largest absolute Gasteiger partial charge is 0.444 e. The number of nitrogens with one attached hydrogen (secondary N) is 2. The number of carbonyl (C=O) groups excluding carboxylic acids is 1. The second-order valence-corrected chi connectivity index (χ2v) is 8.36. The highest BCUT2D eigenvalue weighted by molar-refractivity contribution is 7.98. The van der Waals surface area contributed by atoms with Gasteiger partial charge in [0.1, 0.15) is 5.60 Å². The Hall–Kier alpha value is -0.460. The smallest absolute Gasteiger partial charge is 0.407 e. The van der Waals surface area contributed by atoms with Crippen molar-refractivity contribution in [2.24, 2.45) is 5.92 Å². The van der Waals surface area contributed by atoms with E-state index in [-0.39, 0.29) is 6.09 Å². The molecule has 3 N–H and O–H groups in total. The third kappa shape index (κ3) is 7.70. The van der Waals surface area contributed by atoms with Crippen LogP contribution in [-0.4, -0.2) is 53.5 Å². The first kappa shape index (κ1) is 19.6. The van der Waals surface area contributed by atoms with Gasteiger partial charge in [-0.15, -0.1) is 0 Å². The summed E-state index contributed by atoms with van der Waals surface area (Å²) in [5.74, 6) is 1.12. The monoisotopic (exact) mass is 332 g/mol. The maximum absolute atomic E-state index is 11.7. The molecular formula is C16H32N2O3S. The summed E-state index contributed by atoms with van der Waals surface area (Å²) >= 11 is 1.65. The number of thioether (sulfide) groups is 1. The number of rotatable bonds is 7. The van der Waals surface area contributed by atoms with Crippen LogP contribution in [0.3, 0.4) is 0 Å². The third-order valence-corrected chi connectivity index (χ3v) is 4.68. The number of ether oxygens (including phenoxy) is 1. The van der Waals surface area contributed by atoms with E-state index < -0.39 is 11.2 Å². The minimum absolute atomic E-state index is 0.350. The number of alkyl carbamates (subject to hydrolysis) is 1. The van der Waals surface area contributed by atoms with Gasteiger partial charge in [0.15, 0.2) is 0 Å². The van der Waals surface area contributed by atoms with Gasteiger partial charge in [0.25, 0.3) is 0 Å². The summed E-state index contributed by atoms with van der Waals surface area (Å²) in [7, 11) is 0. The first-order valence-corrected chi connectivity index (χ1v) is 9.44. The fraction of sp³-hybridized carbons (Fsp3) is 0.938. The van der Waals surface area contributed by atoms with E-state index >= 15 is 0 Å². The number of hydrogen-bond acceptors (Lipinski definition) is 5. The lowest BCUT2D eigenvalue weighted by Gasteiger charge is -2.28. The zero-order valence-electron chi connectivity index (χ0n) is 14.6. The van der Waals surface area contributed by atoms with Crippen LogP contribution in [0.25, 0.3) is 0 Å². The molecule has 0 aromatic heterocycles. The maximum Gasteiger partial charge on any atom is 0.407 e. The Morgan fingerprint density at radius 3 is 2.59 bits per heavy atom. The molecule has 0 bridgehead atoms. The number of hydrogen-bond donors (Lipinski definition) is 3. The topological polar surface area (TPSA) is 70.6 Å². The van der Waals surface area contributed by atoms with Crippen molar-refractivity contribution in [3.8, 4) is 0 Å². The summed E-state index contributed by atoms with van der Waals surface area (Å²) in [6, 6.07) is 0.350. The minimum atomic E-state index is -0.689. The molecule has 6 heteroatoms. The summed E-state index contributed by atoms with van der Waals surface area (Å²) in [5, 5.41) is 16.6. The predicted octanol–water partition coefficient (Wildman–Crippen LogP) is 2.38. The van der Waals surface area contributed by atoms with Crippen molar-refractivity contribution in [2.45, 2.75) is 64.2 Å². The van der Waals surface area contributed by atoms with Crippen LogP contribution in [0.5, 0.6) is 0 Å². The van der Waals surface area contributed by atoms with Crippen LogP contribution in [-0.2, 0) is 4.74 Å². The Morgan fingerprint density at radius 2 is 2.00 bits per heavy atom. The van der Waals surface area contributed by atoms with E-state index in [2.05, 4.69) is 10.6 Å². The Kier molecular flexibility index (Phi) is 7.49. The van der Waals surface area contributed by atoms with Crippen molar-refractivity contribution in [2.75, 3.05) is 25.1 Å². The molecule has 3 unspecified atom stereocenters. The molecular weight excluding hydrogens is 300 g/mol. The predicted molar refractivity (Wildman–Crippen MR) is 92.4 cm³/mol. The van der Waals surface area contributed by atoms with Gasteiger partial charge in [-0.3, -0.25) is 0 Å². The van der Waals surface area contributed by atoms with E-state index in [9.17, 15) is 9.90 Å².